The SMILES string of the molecule is COc1ccccc1CNC(=O)CSc1ccc(C)cc1. The lowest BCUT2D eigenvalue weighted by Crippen LogP contribution is -2.24. The third-order valence-electron chi connectivity index (χ3n) is 3.06. The Labute approximate surface area is 129 Å². The summed E-state index contributed by atoms with van der Waals surface area (Å²) in [6.07, 6.45) is 0. The van der Waals surface area contributed by atoms with E-state index < -0.39 is 0 Å². The molecule has 0 unspecified atom stereocenters. The first-order valence-electron chi connectivity index (χ1n) is 6.77. The second kappa shape index (κ2) is 7.74. The Hall–Kier alpha value is -1.94. The van der Waals surface area contributed by atoms with Gasteiger partial charge in [-0.1, -0.05) is 35.9 Å². The molecule has 0 atom stereocenters. The lowest BCUT2D eigenvalue weighted by Gasteiger charge is -2.09. The Bertz CT molecular complexity index is 596. The molecule has 3 nitrogen and oxygen atoms in total. The van der Waals surface area contributed by atoms with Gasteiger partial charge in [-0.3, -0.25) is 4.79 Å². The summed E-state index contributed by atoms with van der Waals surface area (Å²) in [6, 6.07) is 15.9. The molecular weight excluding hydrogens is 282 g/mol. The van der Waals surface area contributed by atoms with Crippen molar-refractivity contribution in [3.05, 3.63) is 59.7 Å². The van der Waals surface area contributed by atoms with Crippen molar-refractivity contribution < 1.29 is 9.53 Å². The van der Waals surface area contributed by atoms with Crippen molar-refractivity contribution in [2.24, 2.45) is 0 Å². The van der Waals surface area contributed by atoms with E-state index in [9.17, 15) is 4.79 Å². The van der Waals surface area contributed by atoms with Crippen molar-refractivity contribution >= 4 is 17.7 Å². The number of amides is 1. The minimum Gasteiger partial charge on any atom is -0.496 e. The van der Waals surface area contributed by atoms with Gasteiger partial charge in [-0.25, -0.2) is 0 Å². The summed E-state index contributed by atoms with van der Waals surface area (Å²) >= 11 is 1.54. The molecule has 110 valence electrons. The molecule has 4 heteroatoms. The normalized spacial score (nSPS) is 10.2. The molecule has 0 aromatic heterocycles. The molecule has 0 aliphatic rings. The Kier molecular flexibility index (Phi) is 5.69. The van der Waals surface area contributed by atoms with Gasteiger partial charge in [0.15, 0.2) is 0 Å². The molecule has 0 spiro atoms. The minimum atomic E-state index is 0.0199. The first-order chi connectivity index (χ1) is 10.2. The topological polar surface area (TPSA) is 38.3 Å². The number of para-hydroxylation sites is 1. The van der Waals surface area contributed by atoms with Crippen LogP contribution in [0.1, 0.15) is 11.1 Å². The first kappa shape index (κ1) is 15.4. The van der Waals surface area contributed by atoms with Crippen molar-refractivity contribution in [1.29, 1.82) is 0 Å². The standard InChI is InChI=1S/C17H19NO2S/c1-13-7-9-15(10-8-13)21-12-17(19)18-11-14-5-3-4-6-16(14)20-2/h3-10H,11-12H2,1-2H3,(H,18,19). The van der Waals surface area contributed by atoms with E-state index in [0.29, 0.717) is 12.3 Å². The van der Waals surface area contributed by atoms with E-state index in [2.05, 4.69) is 24.4 Å². The minimum absolute atomic E-state index is 0.0199. The van der Waals surface area contributed by atoms with Crippen LogP contribution in [0.25, 0.3) is 0 Å². The van der Waals surface area contributed by atoms with Crippen molar-refractivity contribution in [2.75, 3.05) is 12.9 Å². The number of carbonyl (C=O) groups is 1. The maximum Gasteiger partial charge on any atom is 0.230 e. The number of carbonyl (C=O) groups excluding carboxylic acids is 1. The summed E-state index contributed by atoms with van der Waals surface area (Å²) in [6.45, 7) is 2.53. The maximum absolute atomic E-state index is 11.9. The van der Waals surface area contributed by atoms with Crippen LogP contribution in [0.3, 0.4) is 0 Å². The highest BCUT2D eigenvalue weighted by Crippen LogP contribution is 2.19. The van der Waals surface area contributed by atoms with Crippen LogP contribution in [0.2, 0.25) is 0 Å². The highest BCUT2D eigenvalue weighted by atomic mass is 32.2. The van der Waals surface area contributed by atoms with Gasteiger partial charge < -0.3 is 10.1 Å². The highest BCUT2D eigenvalue weighted by molar-refractivity contribution is 8.00. The first-order valence-corrected chi connectivity index (χ1v) is 7.75. The van der Waals surface area contributed by atoms with Gasteiger partial charge in [-0.15, -0.1) is 11.8 Å². The lowest BCUT2D eigenvalue weighted by atomic mass is 10.2. The molecule has 0 radical (unpaired) electrons. The van der Waals surface area contributed by atoms with E-state index in [4.69, 9.17) is 4.74 Å². The van der Waals surface area contributed by atoms with Gasteiger partial charge in [0.2, 0.25) is 5.91 Å². The number of ether oxygens (including phenoxy) is 1. The Morgan fingerprint density at radius 2 is 1.86 bits per heavy atom. The third-order valence-corrected chi connectivity index (χ3v) is 4.07. The predicted octanol–water partition coefficient (Wildman–Crippen LogP) is 3.41. The number of thioether (sulfide) groups is 1. The van der Waals surface area contributed by atoms with E-state index in [1.807, 2.05) is 36.4 Å². The summed E-state index contributed by atoms with van der Waals surface area (Å²) in [7, 11) is 1.63. The zero-order chi connectivity index (χ0) is 15.1. The predicted molar refractivity (Wildman–Crippen MR) is 86.7 cm³/mol. The molecule has 0 bridgehead atoms. The molecule has 0 saturated heterocycles. The molecule has 21 heavy (non-hydrogen) atoms. The molecular formula is C17H19NO2S. The molecule has 0 fully saturated rings. The van der Waals surface area contributed by atoms with Crippen LogP contribution in [0.15, 0.2) is 53.4 Å². The zero-order valence-electron chi connectivity index (χ0n) is 12.3. The summed E-state index contributed by atoms with van der Waals surface area (Å²) in [4.78, 5) is 13.0. The number of rotatable bonds is 6. The van der Waals surface area contributed by atoms with Gasteiger partial charge in [0.05, 0.1) is 12.9 Å². The fourth-order valence-electron chi connectivity index (χ4n) is 1.88. The molecule has 0 aliphatic heterocycles. The smallest absolute Gasteiger partial charge is 0.230 e. The zero-order valence-corrected chi connectivity index (χ0v) is 13.1. The summed E-state index contributed by atoms with van der Waals surface area (Å²) < 4.78 is 5.26. The number of hydrogen-bond acceptors (Lipinski definition) is 3. The van der Waals surface area contributed by atoms with Crippen molar-refractivity contribution in [1.82, 2.24) is 5.32 Å². The van der Waals surface area contributed by atoms with E-state index in [1.165, 1.54) is 17.3 Å². The monoisotopic (exact) mass is 301 g/mol. The molecule has 0 aliphatic carbocycles. The molecule has 0 saturated carbocycles. The molecule has 1 amide bonds. The quantitative estimate of drug-likeness (QED) is 0.831. The van der Waals surface area contributed by atoms with Crippen LogP contribution < -0.4 is 10.1 Å². The number of hydrogen-bond donors (Lipinski definition) is 1. The van der Waals surface area contributed by atoms with Crippen molar-refractivity contribution in [3.8, 4) is 5.75 Å². The van der Waals surface area contributed by atoms with Crippen LogP contribution in [-0.2, 0) is 11.3 Å². The molecule has 1 N–H and O–H groups in total. The van der Waals surface area contributed by atoms with Crippen LogP contribution in [-0.4, -0.2) is 18.8 Å². The average molecular weight is 301 g/mol. The summed E-state index contributed by atoms with van der Waals surface area (Å²) in [5, 5.41) is 2.92. The van der Waals surface area contributed by atoms with Gasteiger partial charge in [0, 0.05) is 17.0 Å². The highest BCUT2D eigenvalue weighted by Gasteiger charge is 2.05. The van der Waals surface area contributed by atoms with Gasteiger partial charge in [0.1, 0.15) is 5.75 Å². The van der Waals surface area contributed by atoms with Crippen molar-refractivity contribution in [2.45, 2.75) is 18.4 Å². The average Bonchev–Trinajstić information content (AvgIpc) is 2.52. The molecule has 2 aromatic rings. The Morgan fingerprint density at radius 1 is 1.14 bits per heavy atom. The van der Waals surface area contributed by atoms with E-state index in [-0.39, 0.29) is 5.91 Å². The van der Waals surface area contributed by atoms with E-state index in [0.717, 1.165) is 16.2 Å². The second-order valence-electron chi connectivity index (χ2n) is 4.69. The van der Waals surface area contributed by atoms with Gasteiger partial charge in [-0.05, 0) is 25.1 Å². The fraction of sp³-hybridized carbons (Fsp3) is 0.235. The number of aryl methyl sites for hydroxylation is 1. The molecule has 2 aromatic carbocycles. The molecule has 0 heterocycles. The van der Waals surface area contributed by atoms with Gasteiger partial charge in [0.25, 0.3) is 0 Å². The van der Waals surface area contributed by atoms with Gasteiger partial charge >= 0.3 is 0 Å². The van der Waals surface area contributed by atoms with E-state index in [1.54, 1.807) is 7.11 Å². The van der Waals surface area contributed by atoms with Crippen LogP contribution in [0.5, 0.6) is 5.75 Å². The van der Waals surface area contributed by atoms with E-state index >= 15 is 0 Å². The Balaban J connectivity index is 1.81. The summed E-state index contributed by atoms with van der Waals surface area (Å²) in [5.41, 5.74) is 2.20. The van der Waals surface area contributed by atoms with Crippen LogP contribution in [0.4, 0.5) is 0 Å². The molecule has 2 rings (SSSR count). The maximum atomic E-state index is 11.9. The Morgan fingerprint density at radius 3 is 2.57 bits per heavy atom. The van der Waals surface area contributed by atoms with Crippen LogP contribution in [0, 0.1) is 6.92 Å². The largest absolute Gasteiger partial charge is 0.496 e. The second-order valence-corrected chi connectivity index (χ2v) is 5.74. The lowest BCUT2D eigenvalue weighted by molar-refractivity contribution is -0.118. The fourth-order valence-corrected chi connectivity index (χ4v) is 2.61. The number of nitrogens with one attached hydrogen (secondary N) is 1. The van der Waals surface area contributed by atoms with Crippen LogP contribution >= 0.6 is 11.8 Å². The van der Waals surface area contributed by atoms with Gasteiger partial charge in [-0.2, -0.15) is 0 Å². The number of methoxy groups -OCH3 is 1. The number of benzene rings is 2. The van der Waals surface area contributed by atoms with Crippen molar-refractivity contribution in [3.63, 3.8) is 0 Å². The third kappa shape index (κ3) is 4.83. The summed E-state index contributed by atoms with van der Waals surface area (Å²) in [5.74, 6) is 1.23.